The van der Waals surface area contributed by atoms with Gasteiger partial charge in [-0.05, 0) is 62.4 Å². The number of nitrogens with zero attached hydrogens (tertiary/aromatic N) is 1. The summed E-state index contributed by atoms with van der Waals surface area (Å²) < 4.78 is 5.49. The van der Waals surface area contributed by atoms with Crippen LogP contribution in [0.4, 0.5) is 0 Å². The molecule has 4 nitrogen and oxygen atoms in total. The first-order valence-electron chi connectivity index (χ1n) is 8.75. The van der Waals surface area contributed by atoms with E-state index < -0.39 is 0 Å². The lowest BCUT2D eigenvalue weighted by Gasteiger charge is -2.33. The molecule has 1 N–H and O–H groups in total. The third kappa shape index (κ3) is 4.15. The van der Waals surface area contributed by atoms with Crippen molar-refractivity contribution in [3.8, 4) is 0 Å². The SMILES string of the molecule is CC(CC(=O)N1CCC2(CCOCC2)C1)C1CCCNC1.Cl. The van der Waals surface area contributed by atoms with Crippen LogP contribution in [0.5, 0.6) is 0 Å². The Balaban J connectivity index is 0.00000176. The first-order valence-corrected chi connectivity index (χ1v) is 8.75. The molecule has 3 aliphatic rings. The molecule has 3 heterocycles. The molecule has 0 aromatic heterocycles. The molecule has 0 radical (unpaired) electrons. The molecule has 0 aromatic rings. The fourth-order valence-electron chi connectivity index (χ4n) is 4.30. The van der Waals surface area contributed by atoms with E-state index in [1.54, 1.807) is 0 Å². The normalized spacial score (nSPS) is 29.1. The Morgan fingerprint density at radius 3 is 2.82 bits per heavy atom. The minimum absolute atomic E-state index is 0. The summed E-state index contributed by atoms with van der Waals surface area (Å²) in [5.74, 6) is 1.58. The van der Waals surface area contributed by atoms with Gasteiger partial charge in [0.1, 0.15) is 0 Å². The Bertz CT molecular complexity index is 366. The van der Waals surface area contributed by atoms with E-state index in [0.717, 1.165) is 58.7 Å². The van der Waals surface area contributed by atoms with Crippen LogP contribution in [0.2, 0.25) is 0 Å². The maximum Gasteiger partial charge on any atom is 0.222 e. The molecule has 3 aliphatic heterocycles. The molecule has 1 spiro atoms. The maximum absolute atomic E-state index is 12.6. The van der Waals surface area contributed by atoms with Crippen molar-refractivity contribution in [1.29, 1.82) is 0 Å². The van der Waals surface area contributed by atoms with Crippen molar-refractivity contribution in [2.75, 3.05) is 39.4 Å². The minimum Gasteiger partial charge on any atom is -0.381 e. The van der Waals surface area contributed by atoms with Gasteiger partial charge < -0.3 is 15.0 Å². The number of carbonyl (C=O) groups excluding carboxylic acids is 1. The molecule has 2 atom stereocenters. The number of halogens is 1. The van der Waals surface area contributed by atoms with Gasteiger partial charge in [-0.1, -0.05) is 6.92 Å². The number of likely N-dealkylation sites (tertiary alicyclic amines) is 1. The van der Waals surface area contributed by atoms with Crippen molar-refractivity contribution in [2.24, 2.45) is 17.3 Å². The number of amides is 1. The van der Waals surface area contributed by atoms with Crippen molar-refractivity contribution in [2.45, 2.75) is 45.4 Å². The van der Waals surface area contributed by atoms with Crippen molar-refractivity contribution >= 4 is 18.3 Å². The first kappa shape index (κ1) is 18.0. The van der Waals surface area contributed by atoms with E-state index in [1.165, 1.54) is 19.3 Å². The summed E-state index contributed by atoms with van der Waals surface area (Å²) in [6.45, 7) is 8.21. The summed E-state index contributed by atoms with van der Waals surface area (Å²) in [6.07, 6.45) is 6.73. The molecule has 0 bridgehead atoms. The summed E-state index contributed by atoms with van der Waals surface area (Å²) in [5.41, 5.74) is 0.379. The van der Waals surface area contributed by atoms with Crippen molar-refractivity contribution in [1.82, 2.24) is 10.2 Å². The maximum atomic E-state index is 12.6. The number of nitrogens with one attached hydrogen (secondary N) is 1. The monoisotopic (exact) mass is 330 g/mol. The molecule has 3 rings (SSSR count). The Morgan fingerprint density at radius 2 is 2.14 bits per heavy atom. The number of carbonyl (C=O) groups is 1. The lowest BCUT2D eigenvalue weighted by atomic mass is 9.79. The van der Waals surface area contributed by atoms with Gasteiger partial charge in [0.15, 0.2) is 0 Å². The predicted molar refractivity (Wildman–Crippen MR) is 90.3 cm³/mol. The predicted octanol–water partition coefficient (Wildman–Crippen LogP) is 2.46. The second-order valence-electron chi connectivity index (χ2n) is 7.47. The van der Waals surface area contributed by atoms with Gasteiger partial charge in [-0.25, -0.2) is 0 Å². The highest BCUT2D eigenvalue weighted by atomic mass is 35.5. The second-order valence-corrected chi connectivity index (χ2v) is 7.47. The quantitative estimate of drug-likeness (QED) is 0.864. The van der Waals surface area contributed by atoms with Crippen molar-refractivity contribution in [3.63, 3.8) is 0 Å². The molecule has 0 aromatic carbocycles. The Labute approximate surface area is 140 Å². The molecule has 2 unspecified atom stereocenters. The zero-order valence-corrected chi connectivity index (χ0v) is 14.6. The first-order chi connectivity index (χ1) is 10.2. The lowest BCUT2D eigenvalue weighted by molar-refractivity contribution is -0.132. The highest BCUT2D eigenvalue weighted by Crippen LogP contribution is 2.40. The van der Waals surface area contributed by atoms with Crippen LogP contribution in [0.1, 0.15) is 45.4 Å². The summed E-state index contributed by atoms with van der Waals surface area (Å²) in [4.78, 5) is 14.7. The third-order valence-electron chi connectivity index (χ3n) is 5.98. The molecule has 3 saturated heterocycles. The summed E-state index contributed by atoms with van der Waals surface area (Å²) in [5, 5.41) is 3.47. The van der Waals surface area contributed by atoms with Gasteiger partial charge in [0.05, 0.1) is 0 Å². The number of ether oxygens (including phenoxy) is 1. The molecule has 3 fully saturated rings. The van der Waals surface area contributed by atoms with E-state index in [2.05, 4.69) is 17.1 Å². The van der Waals surface area contributed by atoms with E-state index in [-0.39, 0.29) is 12.4 Å². The average molecular weight is 331 g/mol. The average Bonchev–Trinajstić information content (AvgIpc) is 2.92. The van der Waals surface area contributed by atoms with Crippen LogP contribution < -0.4 is 5.32 Å². The molecule has 0 saturated carbocycles. The summed E-state index contributed by atoms with van der Waals surface area (Å²) in [6, 6.07) is 0. The van der Waals surface area contributed by atoms with Gasteiger partial charge in [-0.15, -0.1) is 12.4 Å². The van der Waals surface area contributed by atoms with E-state index in [4.69, 9.17) is 4.74 Å². The largest absolute Gasteiger partial charge is 0.381 e. The molecule has 1 amide bonds. The second kappa shape index (κ2) is 7.98. The van der Waals surface area contributed by atoms with Crippen LogP contribution in [0.15, 0.2) is 0 Å². The van der Waals surface area contributed by atoms with Crippen molar-refractivity contribution < 1.29 is 9.53 Å². The van der Waals surface area contributed by atoms with Gasteiger partial charge in [-0.3, -0.25) is 4.79 Å². The number of rotatable bonds is 3. The van der Waals surface area contributed by atoms with E-state index >= 15 is 0 Å². The van der Waals surface area contributed by atoms with Crippen LogP contribution in [0.3, 0.4) is 0 Å². The topological polar surface area (TPSA) is 41.6 Å². The smallest absolute Gasteiger partial charge is 0.222 e. The fourth-order valence-corrected chi connectivity index (χ4v) is 4.30. The molecule has 0 aliphatic carbocycles. The Kier molecular flexibility index (Phi) is 6.54. The van der Waals surface area contributed by atoms with Gasteiger partial charge in [0, 0.05) is 32.7 Å². The molecule has 128 valence electrons. The molecular formula is C17H31ClN2O2. The Hall–Kier alpha value is -0.320. The minimum atomic E-state index is 0. The summed E-state index contributed by atoms with van der Waals surface area (Å²) in [7, 11) is 0. The molecule has 5 heteroatoms. The van der Waals surface area contributed by atoms with E-state index in [1.807, 2.05) is 0 Å². The summed E-state index contributed by atoms with van der Waals surface area (Å²) >= 11 is 0. The zero-order chi connectivity index (χ0) is 14.7. The number of hydrogen-bond acceptors (Lipinski definition) is 3. The van der Waals surface area contributed by atoms with Gasteiger partial charge in [0.25, 0.3) is 0 Å². The van der Waals surface area contributed by atoms with Crippen LogP contribution >= 0.6 is 12.4 Å². The van der Waals surface area contributed by atoms with Crippen LogP contribution in [0, 0.1) is 17.3 Å². The van der Waals surface area contributed by atoms with E-state index in [0.29, 0.717) is 23.2 Å². The van der Waals surface area contributed by atoms with Gasteiger partial charge in [0.2, 0.25) is 5.91 Å². The van der Waals surface area contributed by atoms with Crippen LogP contribution in [-0.2, 0) is 9.53 Å². The molecular weight excluding hydrogens is 300 g/mol. The van der Waals surface area contributed by atoms with Crippen LogP contribution in [-0.4, -0.2) is 50.2 Å². The van der Waals surface area contributed by atoms with Gasteiger partial charge in [-0.2, -0.15) is 0 Å². The number of piperidine rings is 1. The lowest BCUT2D eigenvalue weighted by Crippen LogP contribution is -2.38. The zero-order valence-electron chi connectivity index (χ0n) is 13.8. The highest BCUT2D eigenvalue weighted by Gasteiger charge is 2.41. The third-order valence-corrected chi connectivity index (χ3v) is 5.98. The van der Waals surface area contributed by atoms with Crippen molar-refractivity contribution in [3.05, 3.63) is 0 Å². The fraction of sp³-hybridized carbons (Fsp3) is 0.941. The van der Waals surface area contributed by atoms with Crippen LogP contribution in [0.25, 0.3) is 0 Å². The van der Waals surface area contributed by atoms with Gasteiger partial charge >= 0.3 is 0 Å². The standard InChI is InChI=1S/C17H30N2O2.ClH/c1-14(15-3-2-7-18-12-15)11-16(20)19-8-4-17(13-19)5-9-21-10-6-17;/h14-15,18H,2-13H2,1H3;1H. The molecule has 22 heavy (non-hydrogen) atoms. The Morgan fingerprint density at radius 1 is 1.36 bits per heavy atom. The highest BCUT2D eigenvalue weighted by molar-refractivity contribution is 5.85. The number of hydrogen-bond donors (Lipinski definition) is 1. The van der Waals surface area contributed by atoms with E-state index in [9.17, 15) is 4.79 Å².